The number of nitrogens with zero attached hydrogens (tertiary/aromatic N) is 1. The summed E-state index contributed by atoms with van der Waals surface area (Å²) in [6, 6.07) is 9.65. The number of carbonyl (C=O) groups is 1. The van der Waals surface area contributed by atoms with E-state index in [1.54, 1.807) is 0 Å². The van der Waals surface area contributed by atoms with Gasteiger partial charge in [0.15, 0.2) is 0 Å². The van der Waals surface area contributed by atoms with E-state index in [9.17, 15) is 4.79 Å². The molecule has 20 heavy (non-hydrogen) atoms. The molecule has 112 valence electrons. The highest BCUT2D eigenvalue weighted by atomic mass is 16.1. The standard InChI is InChI=1S/C16H27N3O/c1-12(2)15(11-19(3)4)18-16(20)10-14(17)13-8-6-5-7-9-13/h5-9,12,14-15H,10-11,17H2,1-4H3,(H,18,20). The fourth-order valence-corrected chi connectivity index (χ4v) is 2.10. The van der Waals surface area contributed by atoms with Gasteiger partial charge >= 0.3 is 0 Å². The van der Waals surface area contributed by atoms with E-state index in [0.717, 1.165) is 12.1 Å². The van der Waals surface area contributed by atoms with Gasteiger partial charge in [-0.05, 0) is 25.6 Å². The molecular weight excluding hydrogens is 250 g/mol. The third-order valence-electron chi connectivity index (χ3n) is 3.35. The van der Waals surface area contributed by atoms with Crippen LogP contribution in [0.3, 0.4) is 0 Å². The van der Waals surface area contributed by atoms with Crippen molar-refractivity contribution >= 4 is 5.91 Å². The molecule has 0 spiro atoms. The first-order valence-electron chi connectivity index (χ1n) is 7.14. The molecule has 2 unspecified atom stereocenters. The third kappa shape index (κ3) is 5.72. The number of amides is 1. The van der Waals surface area contributed by atoms with Crippen molar-refractivity contribution in [3.8, 4) is 0 Å². The second-order valence-corrected chi connectivity index (χ2v) is 5.90. The lowest BCUT2D eigenvalue weighted by molar-refractivity contribution is -0.122. The Morgan fingerprint density at radius 1 is 1.25 bits per heavy atom. The zero-order chi connectivity index (χ0) is 15.1. The van der Waals surface area contributed by atoms with Crippen molar-refractivity contribution in [3.63, 3.8) is 0 Å². The van der Waals surface area contributed by atoms with Gasteiger partial charge in [-0.2, -0.15) is 0 Å². The van der Waals surface area contributed by atoms with Crippen LogP contribution in [0.4, 0.5) is 0 Å². The Bertz CT molecular complexity index is 403. The molecule has 0 fully saturated rings. The van der Waals surface area contributed by atoms with E-state index in [4.69, 9.17) is 5.73 Å². The van der Waals surface area contributed by atoms with Crippen LogP contribution >= 0.6 is 0 Å². The van der Waals surface area contributed by atoms with Crippen LogP contribution in [-0.2, 0) is 4.79 Å². The number of rotatable bonds is 7. The number of nitrogens with two attached hydrogens (primary N) is 1. The van der Waals surface area contributed by atoms with Crippen LogP contribution in [0, 0.1) is 5.92 Å². The number of hydrogen-bond acceptors (Lipinski definition) is 3. The summed E-state index contributed by atoms with van der Waals surface area (Å²) in [4.78, 5) is 14.2. The van der Waals surface area contributed by atoms with Gasteiger partial charge in [0.25, 0.3) is 0 Å². The zero-order valence-corrected chi connectivity index (χ0v) is 13.0. The van der Waals surface area contributed by atoms with E-state index in [1.807, 2.05) is 44.4 Å². The Hall–Kier alpha value is -1.39. The first kappa shape index (κ1) is 16.7. The number of likely N-dealkylation sites (N-methyl/N-ethyl adjacent to an activating group) is 1. The zero-order valence-electron chi connectivity index (χ0n) is 13.0. The molecule has 0 aliphatic heterocycles. The average molecular weight is 277 g/mol. The molecule has 2 atom stereocenters. The van der Waals surface area contributed by atoms with E-state index >= 15 is 0 Å². The van der Waals surface area contributed by atoms with E-state index in [-0.39, 0.29) is 18.0 Å². The van der Waals surface area contributed by atoms with Crippen molar-refractivity contribution in [1.29, 1.82) is 0 Å². The summed E-state index contributed by atoms with van der Waals surface area (Å²) < 4.78 is 0. The summed E-state index contributed by atoms with van der Waals surface area (Å²) >= 11 is 0. The molecule has 0 aliphatic rings. The molecule has 1 aromatic carbocycles. The van der Waals surface area contributed by atoms with Crippen molar-refractivity contribution in [2.75, 3.05) is 20.6 Å². The van der Waals surface area contributed by atoms with Gasteiger partial charge in [-0.3, -0.25) is 4.79 Å². The molecule has 1 amide bonds. The van der Waals surface area contributed by atoms with Crippen LogP contribution in [0.5, 0.6) is 0 Å². The molecule has 0 bridgehead atoms. The Labute approximate surface area is 122 Å². The first-order valence-corrected chi connectivity index (χ1v) is 7.14. The predicted molar refractivity (Wildman–Crippen MR) is 83.3 cm³/mol. The summed E-state index contributed by atoms with van der Waals surface area (Å²) in [5, 5.41) is 3.09. The third-order valence-corrected chi connectivity index (χ3v) is 3.35. The van der Waals surface area contributed by atoms with Crippen LogP contribution in [0.2, 0.25) is 0 Å². The molecule has 1 rings (SSSR count). The second-order valence-electron chi connectivity index (χ2n) is 5.90. The first-order chi connectivity index (χ1) is 9.40. The van der Waals surface area contributed by atoms with Crippen molar-refractivity contribution < 1.29 is 4.79 Å². The minimum absolute atomic E-state index is 0.0157. The molecule has 1 aromatic rings. The van der Waals surface area contributed by atoms with Crippen molar-refractivity contribution in [3.05, 3.63) is 35.9 Å². The Kier molecular flexibility index (Phi) is 6.68. The fourth-order valence-electron chi connectivity index (χ4n) is 2.10. The Morgan fingerprint density at radius 3 is 2.35 bits per heavy atom. The van der Waals surface area contributed by atoms with Crippen LogP contribution in [0.25, 0.3) is 0 Å². The van der Waals surface area contributed by atoms with E-state index < -0.39 is 0 Å². The highest BCUT2D eigenvalue weighted by Gasteiger charge is 2.19. The second kappa shape index (κ2) is 8.02. The lowest BCUT2D eigenvalue weighted by Crippen LogP contribution is -2.45. The Morgan fingerprint density at radius 2 is 1.85 bits per heavy atom. The lowest BCUT2D eigenvalue weighted by Gasteiger charge is -2.26. The number of nitrogens with one attached hydrogen (secondary N) is 1. The van der Waals surface area contributed by atoms with Crippen molar-refractivity contribution in [2.45, 2.75) is 32.4 Å². The maximum Gasteiger partial charge on any atom is 0.222 e. The van der Waals surface area contributed by atoms with Crippen LogP contribution in [0.1, 0.15) is 31.9 Å². The van der Waals surface area contributed by atoms with Gasteiger partial charge < -0.3 is 16.0 Å². The SMILES string of the molecule is CC(C)C(CN(C)C)NC(=O)CC(N)c1ccccc1. The minimum Gasteiger partial charge on any atom is -0.352 e. The highest BCUT2D eigenvalue weighted by Crippen LogP contribution is 2.13. The van der Waals surface area contributed by atoms with Gasteiger partial charge in [0.1, 0.15) is 0 Å². The van der Waals surface area contributed by atoms with Crippen LogP contribution < -0.4 is 11.1 Å². The summed E-state index contributed by atoms with van der Waals surface area (Å²) in [5.41, 5.74) is 7.07. The van der Waals surface area contributed by atoms with Gasteiger partial charge in [-0.1, -0.05) is 44.2 Å². The van der Waals surface area contributed by atoms with E-state index in [2.05, 4.69) is 24.1 Å². The highest BCUT2D eigenvalue weighted by molar-refractivity contribution is 5.77. The summed E-state index contributed by atoms with van der Waals surface area (Å²) in [6.07, 6.45) is 0.320. The molecule has 0 radical (unpaired) electrons. The molecule has 4 heteroatoms. The molecular formula is C16H27N3O. The lowest BCUT2D eigenvalue weighted by atomic mass is 10.0. The summed E-state index contributed by atoms with van der Waals surface area (Å²) in [7, 11) is 4.02. The molecule has 0 heterocycles. The number of hydrogen-bond donors (Lipinski definition) is 2. The minimum atomic E-state index is -0.247. The van der Waals surface area contributed by atoms with Crippen molar-refractivity contribution in [1.82, 2.24) is 10.2 Å². The maximum atomic E-state index is 12.1. The van der Waals surface area contributed by atoms with Gasteiger partial charge in [-0.25, -0.2) is 0 Å². The molecule has 0 saturated heterocycles. The van der Waals surface area contributed by atoms with E-state index in [0.29, 0.717) is 12.3 Å². The molecule has 0 saturated carbocycles. The molecule has 3 N–H and O–H groups in total. The fraction of sp³-hybridized carbons (Fsp3) is 0.562. The predicted octanol–water partition coefficient (Wildman–Crippen LogP) is 1.78. The van der Waals surface area contributed by atoms with E-state index in [1.165, 1.54) is 0 Å². The number of carbonyl (C=O) groups excluding carboxylic acids is 1. The number of benzene rings is 1. The van der Waals surface area contributed by atoms with Gasteiger partial charge in [-0.15, -0.1) is 0 Å². The Balaban J connectivity index is 2.53. The quantitative estimate of drug-likeness (QED) is 0.798. The normalized spacial score (nSPS) is 14.3. The van der Waals surface area contributed by atoms with Crippen LogP contribution in [0.15, 0.2) is 30.3 Å². The average Bonchev–Trinajstić information content (AvgIpc) is 2.38. The molecule has 4 nitrogen and oxygen atoms in total. The summed E-state index contributed by atoms with van der Waals surface area (Å²) in [6.45, 7) is 5.07. The van der Waals surface area contributed by atoms with Crippen molar-refractivity contribution in [2.24, 2.45) is 11.7 Å². The monoisotopic (exact) mass is 277 g/mol. The van der Waals surface area contributed by atoms with Gasteiger partial charge in [0.2, 0.25) is 5.91 Å². The molecule has 0 aliphatic carbocycles. The van der Waals surface area contributed by atoms with Gasteiger partial charge in [0, 0.05) is 25.0 Å². The van der Waals surface area contributed by atoms with Crippen LogP contribution in [-0.4, -0.2) is 37.5 Å². The smallest absolute Gasteiger partial charge is 0.222 e. The largest absolute Gasteiger partial charge is 0.352 e. The maximum absolute atomic E-state index is 12.1. The topological polar surface area (TPSA) is 58.4 Å². The summed E-state index contributed by atoms with van der Waals surface area (Å²) in [5.74, 6) is 0.413. The molecule has 0 aromatic heterocycles. The van der Waals surface area contributed by atoms with Gasteiger partial charge in [0.05, 0.1) is 0 Å².